The first kappa shape index (κ1) is 23.8. The lowest BCUT2D eigenvalue weighted by atomic mass is 10.0. The van der Waals surface area contributed by atoms with E-state index in [1.165, 1.54) is 0 Å². The van der Waals surface area contributed by atoms with Gasteiger partial charge in [0.15, 0.2) is 0 Å². The van der Waals surface area contributed by atoms with Crippen LogP contribution >= 0.6 is 11.6 Å². The van der Waals surface area contributed by atoms with Gasteiger partial charge in [0.05, 0.1) is 5.69 Å². The van der Waals surface area contributed by atoms with Crippen LogP contribution in [-0.4, -0.2) is 33.2 Å². The first-order chi connectivity index (χ1) is 18.5. The number of halogens is 1. The van der Waals surface area contributed by atoms with Crippen molar-refractivity contribution >= 4 is 51.5 Å². The molecule has 0 saturated carbocycles. The van der Waals surface area contributed by atoms with E-state index in [0.717, 1.165) is 33.7 Å². The van der Waals surface area contributed by atoms with Crippen molar-refractivity contribution in [1.29, 1.82) is 0 Å². The summed E-state index contributed by atoms with van der Waals surface area (Å²) < 4.78 is 0. The first-order valence-corrected chi connectivity index (χ1v) is 12.7. The van der Waals surface area contributed by atoms with Crippen molar-refractivity contribution in [1.82, 2.24) is 14.9 Å². The number of aromatic amines is 1. The molecule has 0 unspecified atom stereocenters. The predicted molar refractivity (Wildman–Crippen MR) is 150 cm³/mol. The number of pyridine rings is 1. The highest BCUT2D eigenvalue weighted by molar-refractivity contribution is 6.31. The summed E-state index contributed by atoms with van der Waals surface area (Å²) in [6.07, 6.45) is 2.48. The van der Waals surface area contributed by atoms with Gasteiger partial charge in [0.1, 0.15) is 5.65 Å². The van der Waals surface area contributed by atoms with Crippen molar-refractivity contribution in [3.8, 4) is 0 Å². The third-order valence-electron chi connectivity index (χ3n) is 6.68. The molecule has 1 aliphatic rings. The Bertz CT molecular complexity index is 1650. The average molecular weight is 522 g/mol. The molecule has 0 fully saturated rings. The van der Waals surface area contributed by atoms with E-state index >= 15 is 0 Å². The normalized spacial score (nSPS) is 12.7. The average Bonchev–Trinajstić information content (AvgIpc) is 3.33. The number of benzene rings is 3. The number of anilines is 3. The van der Waals surface area contributed by atoms with Crippen LogP contribution in [0.3, 0.4) is 0 Å². The summed E-state index contributed by atoms with van der Waals surface area (Å²) in [4.78, 5) is 35.5. The topological polar surface area (TPSA) is 90.1 Å². The molecule has 6 rings (SSSR count). The second-order valence-electron chi connectivity index (χ2n) is 9.17. The molecule has 0 atom stereocenters. The van der Waals surface area contributed by atoms with E-state index < -0.39 is 0 Å². The van der Waals surface area contributed by atoms with Crippen molar-refractivity contribution in [3.63, 3.8) is 0 Å². The number of rotatable bonds is 5. The molecular formula is C30H24ClN5O2. The summed E-state index contributed by atoms with van der Waals surface area (Å²) in [6, 6.07) is 25.6. The van der Waals surface area contributed by atoms with Crippen molar-refractivity contribution in [2.45, 2.75) is 13.0 Å². The zero-order valence-electron chi connectivity index (χ0n) is 20.4. The molecule has 38 heavy (non-hydrogen) atoms. The molecule has 2 aromatic heterocycles. The van der Waals surface area contributed by atoms with Gasteiger partial charge in [0.25, 0.3) is 11.8 Å². The lowest BCUT2D eigenvalue weighted by Gasteiger charge is -2.27. The van der Waals surface area contributed by atoms with Gasteiger partial charge in [-0.15, -0.1) is 0 Å². The van der Waals surface area contributed by atoms with E-state index in [1.54, 1.807) is 42.6 Å². The summed E-state index contributed by atoms with van der Waals surface area (Å²) in [5.41, 5.74) is 6.59. The van der Waals surface area contributed by atoms with E-state index in [0.29, 0.717) is 41.3 Å². The highest BCUT2D eigenvalue weighted by Crippen LogP contribution is 2.34. The quantitative estimate of drug-likeness (QED) is 0.249. The SMILES string of the molecule is O=C(Nc1ccc(Nc2ccnc3[nH]c4c(c23)CN(C(=O)c2cccc(Cl)c2)CC4)cc1)c1ccccc1. The number of hydrogen-bond acceptors (Lipinski definition) is 4. The summed E-state index contributed by atoms with van der Waals surface area (Å²) in [6.45, 7) is 1.09. The Morgan fingerprint density at radius 1 is 0.895 bits per heavy atom. The maximum absolute atomic E-state index is 13.2. The van der Waals surface area contributed by atoms with E-state index in [4.69, 9.17) is 11.6 Å². The molecule has 188 valence electrons. The van der Waals surface area contributed by atoms with Crippen molar-refractivity contribution in [3.05, 3.63) is 119 Å². The standard InChI is InChI=1S/C30H24ClN5O2/c31-21-8-4-7-20(17-21)30(38)36-16-14-25-24(18-36)27-26(13-15-32-28(27)35-25)33-22-9-11-23(12-10-22)34-29(37)19-5-2-1-3-6-19/h1-13,15,17H,14,16,18H2,(H,34,37)(H2,32,33,35). The third kappa shape index (κ3) is 4.71. The smallest absolute Gasteiger partial charge is 0.255 e. The minimum atomic E-state index is -0.155. The molecule has 3 aromatic carbocycles. The largest absolute Gasteiger partial charge is 0.355 e. The van der Waals surface area contributed by atoms with Gasteiger partial charge in [0.2, 0.25) is 0 Å². The van der Waals surface area contributed by atoms with E-state index in [9.17, 15) is 9.59 Å². The fourth-order valence-electron chi connectivity index (χ4n) is 4.80. The number of H-pyrrole nitrogens is 1. The number of hydrogen-bond donors (Lipinski definition) is 3. The second-order valence-corrected chi connectivity index (χ2v) is 9.61. The molecule has 0 spiro atoms. The van der Waals surface area contributed by atoms with Gasteiger partial charge in [-0.1, -0.05) is 35.9 Å². The zero-order chi connectivity index (χ0) is 26.1. The van der Waals surface area contributed by atoms with Crippen LogP contribution in [0.15, 0.2) is 91.1 Å². The molecular weight excluding hydrogens is 498 g/mol. The number of nitrogens with zero attached hydrogens (tertiary/aromatic N) is 2. The minimum Gasteiger partial charge on any atom is -0.355 e. The molecule has 0 radical (unpaired) electrons. The van der Waals surface area contributed by atoms with Gasteiger partial charge in [0, 0.05) is 69.9 Å². The van der Waals surface area contributed by atoms with Gasteiger partial charge < -0.3 is 20.5 Å². The summed E-state index contributed by atoms with van der Waals surface area (Å²) in [5.74, 6) is -0.197. The number of fused-ring (bicyclic) bond motifs is 3. The molecule has 0 saturated heterocycles. The molecule has 2 amide bonds. The van der Waals surface area contributed by atoms with Crippen LogP contribution in [0.25, 0.3) is 11.0 Å². The van der Waals surface area contributed by atoms with E-state index in [2.05, 4.69) is 20.6 Å². The van der Waals surface area contributed by atoms with E-state index in [-0.39, 0.29) is 11.8 Å². The summed E-state index contributed by atoms with van der Waals surface area (Å²) in [5, 5.41) is 7.91. The number of carbonyl (C=O) groups excluding carboxylic acids is 2. The fourth-order valence-corrected chi connectivity index (χ4v) is 4.99. The van der Waals surface area contributed by atoms with Gasteiger partial charge in [-0.05, 0) is 60.7 Å². The summed E-state index contributed by atoms with van der Waals surface area (Å²) >= 11 is 6.12. The summed E-state index contributed by atoms with van der Waals surface area (Å²) in [7, 11) is 0. The Hall–Kier alpha value is -4.62. The third-order valence-corrected chi connectivity index (χ3v) is 6.92. The van der Waals surface area contributed by atoms with Crippen LogP contribution in [0.5, 0.6) is 0 Å². The number of carbonyl (C=O) groups is 2. The van der Waals surface area contributed by atoms with Crippen LogP contribution in [-0.2, 0) is 13.0 Å². The molecule has 8 heteroatoms. The van der Waals surface area contributed by atoms with Crippen LogP contribution in [0, 0.1) is 0 Å². The van der Waals surface area contributed by atoms with Gasteiger partial charge in [-0.2, -0.15) is 0 Å². The number of nitrogens with one attached hydrogen (secondary N) is 3. The molecule has 7 nitrogen and oxygen atoms in total. The molecule has 3 N–H and O–H groups in total. The van der Waals surface area contributed by atoms with Crippen LogP contribution in [0.1, 0.15) is 32.0 Å². The molecule has 0 aliphatic carbocycles. The molecule has 1 aliphatic heterocycles. The van der Waals surface area contributed by atoms with Crippen molar-refractivity contribution in [2.75, 3.05) is 17.2 Å². The highest BCUT2D eigenvalue weighted by Gasteiger charge is 2.26. The molecule has 0 bridgehead atoms. The Morgan fingerprint density at radius 3 is 2.45 bits per heavy atom. The Kier molecular flexibility index (Phi) is 6.27. The highest BCUT2D eigenvalue weighted by atomic mass is 35.5. The van der Waals surface area contributed by atoms with Crippen LogP contribution in [0.2, 0.25) is 5.02 Å². The Balaban J connectivity index is 1.23. The second kappa shape index (κ2) is 10.0. The number of amides is 2. The minimum absolute atomic E-state index is 0.0426. The van der Waals surface area contributed by atoms with Crippen LogP contribution in [0.4, 0.5) is 17.1 Å². The van der Waals surface area contributed by atoms with E-state index in [1.807, 2.05) is 53.4 Å². The van der Waals surface area contributed by atoms with Crippen molar-refractivity contribution in [2.24, 2.45) is 0 Å². The molecule has 5 aromatic rings. The van der Waals surface area contributed by atoms with Gasteiger partial charge in [-0.3, -0.25) is 9.59 Å². The monoisotopic (exact) mass is 521 g/mol. The number of aromatic nitrogens is 2. The lowest BCUT2D eigenvalue weighted by molar-refractivity contribution is 0.0735. The van der Waals surface area contributed by atoms with Crippen molar-refractivity contribution < 1.29 is 9.59 Å². The van der Waals surface area contributed by atoms with Gasteiger partial charge in [-0.25, -0.2) is 4.98 Å². The predicted octanol–water partition coefficient (Wildman–Crippen LogP) is 6.41. The maximum Gasteiger partial charge on any atom is 0.255 e. The first-order valence-electron chi connectivity index (χ1n) is 12.3. The Morgan fingerprint density at radius 2 is 1.66 bits per heavy atom. The molecule has 3 heterocycles. The Labute approximate surface area is 224 Å². The van der Waals surface area contributed by atoms with Crippen LogP contribution < -0.4 is 10.6 Å². The maximum atomic E-state index is 13.2. The van der Waals surface area contributed by atoms with Gasteiger partial charge >= 0.3 is 0 Å². The lowest BCUT2D eigenvalue weighted by Crippen LogP contribution is -2.35. The fraction of sp³-hybridized carbons (Fsp3) is 0.100. The zero-order valence-corrected chi connectivity index (χ0v) is 21.1.